The van der Waals surface area contributed by atoms with E-state index in [0.717, 1.165) is 94.4 Å². The van der Waals surface area contributed by atoms with Gasteiger partial charge < -0.3 is 9.80 Å². The molecule has 1 N–H and O–H groups in total. The fourth-order valence-corrected chi connectivity index (χ4v) is 8.94. The average Bonchev–Trinajstić information content (AvgIpc) is 3.90. The Balaban J connectivity index is 0.883. The number of aromatic nitrogens is 6. The zero-order valence-electron chi connectivity index (χ0n) is 27.8. The number of nitrogens with one attached hydrogen (secondary N) is 1. The maximum atomic E-state index is 13.8. The Morgan fingerprint density at radius 2 is 1.76 bits per heavy atom. The predicted molar refractivity (Wildman–Crippen MR) is 179 cm³/mol. The lowest BCUT2D eigenvalue weighted by Gasteiger charge is -2.41. The number of amides is 2. The van der Waals surface area contributed by atoms with Crippen LogP contribution in [-0.2, 0) is 16.6 Å². The van der Waals surface area contributed by atoms with Gasteiger partial charge in [-0.3, -0.25) is 28.7 Å². The van der Waals surface area contributed by atoms with Gasteiger partial charge in [0.25, 0.3) is 6.43 Å². The average molecular weight is 676 g/mol. The molecule has 1 spiro atoms. The van der Waals surface area contributed by atoms with Crippen LogP contribution in [-0.4, -0.2) is 78.1 Å². The number of fused-ring (bicyclic) bond motifs is 1. The number of aryl methyl sites for hydroxylation is 1. The van der Waals surface area contributed by atoms with Gasteiger partial charge in [-0.15, -0.1) is 0 Å². The van der Waals surface area contributed by atoms with E-state index in [1.807, 2.05) is 12.1 Å². The van der Waals surface area contributed by atoms with Gasteiger partial charge in [0.2, 0.25) is 11.8 Å². The lowest BCUT2D eigenvalue weighted by Crippen LogP contribution is -2.44. The smallest absolute Gasteiger partial charge is 0.329 e. The van der Waals surface area contributed by atoms with Crippen LogP contribution in [0.5, 0.6) is 0 Å². The molecule has 1 unspecified atom stereocenters. The maximum absolute atomic E-state index is 13.8. The SMILES string of the molecule is Cn1c(=O)n(C2CCC(=O)NC2=O)c2cccc(N3CCC4(CCN(CC5CCC(n6cc(-n7cccn7)c(C(F)F)n6)CC5)CC4)C3)c21. The van der Waals surface area contributed by atoms with Crippen LogP contribution < -0.4 is 15.9 Å². The van der Waals surface area contributed by atoms with E-state index in [1.54, 1.807) is 45.5 Å². The van der Waals surface area contributed by atoms with Crippen LogP contribution in [0.15, 0.2) is 47.7 Å². The molecule has 4 fully saturated rings. The monoisotopic (exact) mass is 675 g/mol. The largest absolute Gasteiger partial charge is 0.369 e. The number of hydrogen-bond acceptors (Lipinski definition) is 7. The van der Waals surface area contributed by atoms with Crippen molar-refractivity contribution in [2.75, 3.05) is 37.6 Å². The standard InChI is InChI=1S/C35H43F2N9O3/c1-41-31-25(4-2-5-26(31)46(34(41)49)27-10-11-29(47)39-33(27)48)43-19-14-35(22-43)12-17-42(18-13-35)20-23-6-8-24(9-7-23)45-21-28(30(40-45)32(36)37)44-16-3-15-38-44/h2-5,15-16,21,23-24,27,32H,6-14,17-20,22H2,1H3,(H,39,47,48). The molecule has 2 amide bonds. The number of rotatable bonds is 7. The van der Waals surface area contributed by atoms with Crippen molar-refractivity contribution in [1.82, 2.24) is 38.9 Å². The second kappa shape index (κ2) is 12.5. The number of carbonyl (C=O) groups is 2. The second-order valence-electron chi connectivity index (χ2n) is 14.6. The van der Waals surface area contributed by atoms with Crippen molar-refractivity contribution < 1.29 is 18.4 Å². The minimum atomic E-state index is -2.65. The van der Waals surface area contributed by atoms with Crippen molar-refractivity contribution in [3.8, 4) is 5.69 Å². The molecule has 4 aliphatic rings. The quantitative estimate of drug-likeness (QED) is 0.290. The second-order valence-corrected chi connectivity index (χ2v) is 14.6. The van der Waals surface area contributed by atoms with Crippen LogP contribution in [0.1, 0.15) is 82.0 Å². The molecule has 260 valence electrons. The first kappa shape index (κ1) is 31.9. The van der Waals surface area contributed by atoms with Gasteiger partial charge in [-0.1, -0.05) is 6.07 Å². The highest BCUT2D eigenvalue weighted by molar-refractivity contribution is 6.00. The third-order valence-electron chi connectivity index (χ3n) is 11.7. The highest BCUT2D eigenvalue weighted by atomic mass is 19.3. The van der Waals surface area contributed by atoms with Gasteiger partial charge in [-0.25, -0.2) is 18.3 Å². The number of para-hydroxylation sites is 1. The van der Waals surface area contributed by atoms with E-state index in [-0.39, 0.29) is 35.2 Å². The van der Waals surface area contributed by atoms with Gasteiger partial charge in [0.15, 0.2) is 5.69 Å². The number of halogens is 2. The van der Waals surface area contributed by atoms with E-state index >= 15 is 0 Å². The highest BCUT2D eigenvalue weighted by Crippen LogP contribution is 2.44. The number of imidazole rings is 1. The lowest BCUT2D eigenvalue weighted by atomic mass is 9.77. The first-order valence-electron chi connectivity index (χ1n) is 17.6. The Hall–Kier alpha value is -4.33. The Morgan fingerprint density at radius 1 is 0.980 bits per heavy atom. The molecule has 1 atom stereocenters. The van der Waals surface area contributed by atoms with Gasteiger partial charge in [0.05, 0.1) is 29.0 Å². The van der Waals surface area contributed by atoms with Crippen LogP contribution in [0.4, 0.5) is 14.5 Å². The third-order valence-corrected chi connectivity index (χ3v) is 11.7. The minimum absolute atomic E-state index is 0.122. The van der Waals surface area contributed by atoms with E-state index in [9.17, 15) is 23.2 Å². The number of anilines is 1. The van der Waals surface area contributed by atoms with Crippen molar-refractivity contribution in [2.24, 2.45) is 18.4 Å². The molecule has 0 radical (unpaired) electrons. The molecule has 6 heterocycles. The molecule has 3 saturated heterocycles. The summed E-state index contributed by atoms with van der Waals surface area (Å²) in [6.07, 6.45) is 10.2. The summed E-state index contributed by atoms with van der Waals surface area (Å²) in [5.41, 5.74) is 2.70. The predicted octanol–water partition coefficient (Wildman–Crippen LogP) is 4.36. The van der Waals surface area contributed by atoms with Crippen molar-refractivity contribution in [1.29, 1.82) is 0 Å². The summed E-state index contributed by atoms with van der Waals surface area (Å²) in [6, 6.07) is 7.09. The molecule has 3 aliphatic heterocycles. The molecule has 12 nitrogen and oxygen atoms in total. The molecule has 4 aromatic rings. The number of hydrogen-bond donors (Lipinski definition) is 1. The number of likely N-dealkylation sites (tertiary alicyclic amines) is 1. The molecular formula is C35H43F2N9O3. The molecule has 1 aliphatic carbocycles. The van der Waals surface area contributed by atoms with Crippen LogP contribution in [0.2, 0.25) is 0 Å². The van der Waals surface area contributed by atoms with E-state index in [0.29, 0.717) is 18.0 Å². The molecule has 1 aromatic carbocycles. The molecule has 1 saturated carbocycles. The van der Waals surface area contributed by atoms with E-state index < -0.39 is 18.4 Å². The number of piperidine rings is 2. The Morgan fingerprint density at radius 3 is 2.47 bits per heavy atom. The van der Waals surface area contributed by atoms with Crippen LogP contribution in [0, 0.1) is 11.3 Å². The fraction of sp³-hybridized carbons (Fsp3) is 0.571. The zero-order chi connectivity index (χ0) is 33.9. The third kappa shape index (κ3) is 5.77. The topological polar surface area (TPSA) is 115 Å². The molecule has 49 heavy (non-hydrogen) atoms. The summed E-state index contributed by atoms with van der Waals surface area (Å²) in [4.78, 5) is 42.9. The van der Waals surface area contributed by atoms with Crippen molar-refractivity contribution in [2.45, 2.75) is 76.3 Å². The van der Waals surface area contributed by atoms with Crippen molar-refractivity contribution in [3.05, 3.63) is 59.0 Å². The molecule has 0 bridgehead atoms. The highest BCUT2D eigenvalue weighted by Gasteiger charge is 2.42. The van der Waals surface area contributed by atoms with Gasteiger partial charge >= 0.3 is 5.69 Å². The van der Waals surface area contributed by atoms with E-state index in [4.69, 9.17) is 0 Å². The van der Waals surface area contributed by atoms with Crippen LogP contribution in [0.3, 0.4) is 0 Å². The normalized spacial score (nSPS) is 24.8. The molecule has 14 heteroatoms. The summed E-state index contributed by atoms with van der Waals surface area (Å²) in [6.45, 7) is 5.05. The number of alkyl halides is 2. The van der Waals surface area contributed by atoms with Gasteiger partial charge in [0.1, 0.15) is 11.7 Å². The van der Waals surface area contributed by atoms with Gasteiger partial charge in [-0.2, -0.15) is 10.2 Å². The molecular weight excluding hydrogens is 632 g/mol. The lowest BCUT2D eigenvalue weighted by molar-refractivity contribution is -0.135. The van der Waals surface area contributed by atoms with Crippen LogP contribution >= 0.6 is 0 Å². The Labute approximate surface area is 282 Å². The number of carbonyl (C=O) groups excluding carboxylic acids is 2. The Kier molecular flexibility index (Phi) is 8.16. The minimum Gasteiger partial charge on any atom is -0.369 e. The van der Waals surface area contributed by atoms with Crippen molar-refractivity contribution >= 4 is 28.5 Å². The van der Waals surface area contributed by atoms with E-state index in [1.165, 1.54) is 4.68 Å². The molecule has 8 rings (SSSR count). The summed E-state index contributed by atoms with van der Waals surface area (Å²) in [5, 5.41) is 10.8. The van der Waals surface area contributed by atoms with Crippen LogP contribution in [0.25, 0.3) is 16.7 Å². The summed E-state index contributed by atoms with van der Waals surface area (Å²) >= 11 is 0. The van der Waals surface area contributed by atoms with E-state index in [2.05, 4.69) is 31.4 Å². The number of benzene rings is 1. The first-order chi connectivity index (χ1) is 23.7. The van der Waals surface area contributed by atoms with Gasteiger partial charge in [-0.05, 0) is 94.0 Å². The Bertz CT molecular complexity index is 1910. The summed E-state index contributed by atoms with van der Waals surface area (Å²) < 4.78 is 33.9. The number of imide groups is 1. The fourth-order valence-electron chi connectivity index (χ4n) is 8.94. The molecule has 3 aromatic heterocycles. The summed E-state index contributed by atoms with van der Waals surface area (Å²) in [7, 11) is 1.77. The first-order valence-corrected chi connectivity index (χ1v) is 17.6. The zero-order valence-corrected chi connectivity index (χ0v) is 27.8. The number of nitrogens with zero attached hydrogens (tertiary/aromatic N) is 8. The maximum Gasteiger partial charge on any atom is 0.329 e. The van der Waals surface area contributed by atoms with Gasteiger partial charge in [0, 0.05) is 45.5 Å². The summed E-state index contributed by atoms with van der Waals surface area (Å²) in [5.74, 6) is -0.124. The van der Waals surface area contributed by atoms with Crippen molar-refractivity contribution in [3.63, 3.8) is 0 Å².